The number of carbonyl (C=O) groups excluding carboxylic acids is 2. The van der Waals surface area contributed by atoms with E-state index in [1.54, 1.807) is 27.0 Å². The van der Waals surface area contributed by atoms with Gasteiger partial charge in [-0.25, -0.2) is 9.18 Å². The molecule has 23 heavy (non-hydrogen) atoms. The van der Waals surface area contributed by atoms with Crippen molar-refractivity contribution in [1.29, 1.82) is 0 Å². The molecule has 1 saturated heterocycles. The van der Waals surface area contributed by atoms with Crippen LogP contribution in [0.3, 0.4) is 0 Å². The van der Waals surface area contributed by atoms with Crippen LogP contribution in [0.1, 0.15) is 19.4 Å². The van der Waals surface area contributed by atoms with Crippen LogP contribution in [0.25, 0.3) is 0 Å². The van der Waals surface area contributed by atoms with Crippen molar-refractivity contribution in [2.24, 2.45) is 0 Å². The van der Waals surface area contributed by atoms with Crippen LogP contribution in [0.2, 0.25) is 0 Å². The summed E-state index contributed by atoms with van der Waals surface area (Å²) in [5.41, 5.74) is 0.823. The second-order valence-electron chi connectivity index (χ2n) is 5.55. The molecule has 2 rings (SSSR count). The summed E-state index contributed by atoms with van der Waals surface area (Å²) >= 11 is 1.40. The number of esters is 1. The van der Waals surface area contributed by atoms with E-state index >= 15 is 0 Å². The van der Waals surface area contributed by atoms with Crippen LogP contribution in [0.5, 0.6) is 0 Å². The maximum absolute atomic E-state index is 13.2. The van der Waals surface area contributed by atoms with Gasteiger partial charge >= 0.3 is 5.97 Å². The molecule has 0 aromatic heterocycles. The van der Waals surface area contributed by atoms with Crippen molar-refractivity contribution in [3.05, 3.63) is 41.4 Å². The lowest BCUT2D eigenvalue weighted by Crippen LogP contribution is -2.25. The molecule has 5 nitrogen and oxygen atoms in total. The van der Waals surface area contributed by atoms with Gasteiger partial charge in [0, 0.05) is 32.3 Å². The molecule has 1 aliphatic rings. The number of nitrogens with zero attached hydrogens (tertiary/aromatic N) is 1. The predicted octanol–water partition coefficient (Wildman–Crippen LogP) is 2.70. The lowest BCUT2D eigenvalue weighted by atomic mass is 10.2. The first-order valence-electron chi connectivity index (χ1n) is 6.93. The summed E-state index contributed by atoms with van der Waals surface area (Å²) in [5, 5.41) is 0. The van der Waals surface area contributed by atoms with Gasteiger partial charge in [0.2, 0.25) is 11.5 Å². The zero-order chi connectivity index (χ0) is 17.2. The molecule has 0 aliphatic carbocycles. The van der Waals surface area contributed by atoms with E-state index in [1.165, 1.54) is 28.8 Å². The summed E-state index contributed by atoms with van der Waals surface area (Å²) in [5.74, 6) is -2.56. The van der Waals surface area contributed by atoms with Crippen molar-refractivity contribution >= 4 is 23.6 Å². The standard InChI is InChI=1S/C16H18FNO4S/c1-16(2)21-12(15(20)22-16)8-14(19)18(3)9-10-5-6-11(17)7-13(10)23-4/h5-8H,9H2,1-4H3. The van der Waals surface area contributed by atoms with Crippen molar-refractivity contribution in [1.82, 2.24) is 4.90 Å². The highest BCUT2D eigenvalue weighted by Crippen LogP contribution is 2.26. The zero-order valence-corrected chi connectivity index (χ0v) is 14.2. The third kappa shape index (κ3) is 4.25. The third-order valence-corrected chi connectivity index (χ3v) is 4.00. The van der Waals surface area contributed by atoms with Crippen molar-refractivity contribution < 1.29 is 23.5 Å². The average molecular weight is 339 g/mol. The second kappa shape index (κ2) is 6.62. The van der Waals surface area contributed by atoms with Crippen molar-refractivity contribution in [3.8, 4) is 0 Å². The topological polar surface area (TPSA) is 55.8 Å². The first kappa shape index (κ1) is 17.3. The number of halogens is 1. The van der Waals surface area contributed by atoms with E-state index in [1.807, 2.05) is 6.26 Å². The Kier molecular flexibility index (Phi) is 4.99. The van der Waals surface area contributed by atoms with Crippen LogP contribution in [0, 0.1) is 5.82 Å². The molecule has 0 unspecified atom stereocenters. The molecule has 124 valence electrons. The van der Waals surface area contributed by atoms with Crippen LogP contribution >= 0.6 is 11.8 Å². The van der Waals surface area contributed by atoms with E-state index in [2.05, 4.69) is 0 Å². The minimum absolute atomic E-state index is 0.115. The highest BCUT2D eigenvalue weighted by Gasteiger charge is 2.38. The Hall–Kier alpha value is -2.02. The van der Waals surface area contributed by atoms with E-state index in [9.17, 15) is 14.0 Å². The number of rotatable bonds is 4. The smallest absolute Gasteiger partial charge is 0.377 e. The fourth-order valence-corrected chi connectivity index (χ4v) is 2.72. The number of hydrogen-bond donors (Lipinski definition) is 0. The second-order valence-corrected chi connectivity index (χ2v) is 6.40. The molecule has 1 fully saturated rings. The van der Waals surface area contributed by atoms with Gasteiger partial charge in [-0.15, -0.1) is 11.8 Å². The first-order valence-corrected chi connectivity index (χ1v) is 8.16. The van der Waals surface area contributed by atoms with Gasteiger partial charge in [-0.3, -0.25) is 4.79 Å². The Bertz CT molecular complexity index is 672. The number of amides is 1. The van der Waals surface area contributed by atoms with Crippen molar-refractivity contribution in [2.45, 2.75) is 31.1 Å². The van der Waals surface area contributed by atoms with Crippen LogP contribution < -0.4 is 0 Å². The zero-order valence-electron chi connectivity index (χ0n) is 13.4. The Morgan fingerprint density at radius 1 is 1.39 bits per heavy atom. The molecule has 7 heteroatoms. The molecule has 1 aromatic rings. The van der Waals surface area contributed by atoms with E-state index in [4.69, 9.17) is 9.47 Å². The Morgan fingerprint density at radius 2 is 2.09 bits per heavy atom. The van der Waals surface area contributed by atoms with E-state index in [0.29, 0.717) is 0 Å². The molecule has 0 saturated carbocycles. The fraction of sp³-hybridized carbons (Fsp3) is 0.375. The maximum Gasteiger partial charge on any atom is 0.377 e. The lowest BCUT2D eigenvalue weighted by Gasteiger charge is -2.17. The van der Waals surface area contributed by atoms with Crippen molar-refractivity contribution in [2.75, 3.05) is 13.3 Å². The average Bonchev–Trinajstić information content (AvgIpc) is 2.72. The number of likely N-dealkylation sites (N-methyl/N-ethyl adjacent to an activating group) is 1. The molecule has 1 aromatic carbocycles. The number of benzene rings is 1. The molecule has 0 spiro atoms. The molecular formula is C16H18FNO4S. The number of ether oxygens (including phenoxy) is 2. The molecule has 1 amide bonds. The predicted molar refractivity (Wildman–Crippen MR) is 84.0 cm³/mol. The number of cyclic esters (lactones) is 1. The molecule has 0 bridgehead atoms. The van der Waals surface area contributed by atoms with Crippen molar-refractivity contribution in [3.63, 3.8) is 0 Å². The minimum Gasteiger partial charge on any atom is -0.445 e. The van der Waals surface area contributed by atoms with Crippen LogP contribution in [0.4, 0.5) is 4.39 Å². The van der Waals surface area contributed by atoms with Gasteiger partial charge in [0.1, 0.15) is 5.82 Å². The van der Waals surface area contributed by atoms with Gasteiger partial charge < -0.3 is 14.4 Å². The van der Waals surface area contributed by atoms with Crippen LogP contribution in [-0.2, 0) is 25.6 Å². The summed E-state index contributed by atoms with van der Waals surface area (Å²) in [6, 6.07) is 4.42. The highest BCUT2D eigenvalue weighted by atomic mass is 32.2. The summed E-state index contributed by atoms with van der Waals surface area (Å²) in [7, 11) is 1.60. The molecule has 0 radical (unpaired) electrons. The summed E-state index contributed by atoms with van der Waals surface area (Å²) in [6.07, 6.45) is 2.95. The fourth-order valence-electron chi connectivity index (χ4n) is 2.09. The third-order valence-electron chi connectivity index (χ3n) is 3.18. The molecule has 0 N–H and O–H groups in total. The van der Waals surface area contributed by atoms with E-state index < -0.39 is 17.7 Å². The Labute approximate surface area is 138 Å². The maximum atomic E-state index is 13.2. The molecule has 0 atom stereocenters. The van der Waals surface area contributed by atoms with Crippen LogP contribution in [0.15, 0.2) is 34.9 Å². The number of carbonyl (C=O) groups is 2. The van der Waals surface area contributed by atoms with Gasteiger partial charge in [-0.05, 0) is 24.0 Å². The quantitative estimate of drug-likeness (QED) is 0.480. The summed E-state index contributed by atoms with van der Waals surface area (Å²) in [4.78, 5) is 26.0. The monoisotopic (exact) mass is 339 g/mol. The number of thioether (sulfide) groups is 1. The van der Waals surface area contributed by atoms with Crippen LogP contribution in [-0.4, -0.2) is 35.9 Å². The van der Waals surface area contributed by atoms with E-state index in [0.717, 1.165) is 16.5 Å². The first-order chi connectivity index (χ1) is 10.7. The van der Waals surface area contributed by atoms with Gasteiger partial charge in [-0.2, -0.15) is 0 Å². The van der Waals surface area contributed by atoms with E-state index in [-0.39, 0.29) is 18.1 Å². The molecular weight excluding hydrogens is 321 g/mol. The van der Waals surface area contributed by atoms with Gasteiger partial charge in [-0.1, -0.05) is 6.07 Å². The SMILES string of the molecule is CSc1cc(F)ccc1CN(C)C(=O)C=C1OC(C)(C)OC1=O. The molecule has 1 aliphatic heterocycles. The number of hydrogen-bond acceptors (Lipinski definition) is 5. The van der Waals surface area contributed by atoms with Gasteiger partial charge in [0.05, 0.1) is 6.08 Å². The van der Waals surface area contributed by atoms with Gasteiger partial charge in [0.15, 0.2) is 0 Å². The summed E-state index contributed by atoms with van der Waals surface area (Å²) in [6.45, 7) is 3.46. The van der Waals surface area contributed by atoms with Gasteiger partial charge in [0.25, 0.3) is 5.91 Å². The highest BCUT2D eigenvalue weighted by molar-refractivity contribution is 7.98. The largest absolute Gasteiger partial charge is 0.445 e. The normalized spacial score (nSPS) is 17.8. The lowest BCUT2D eigenvalue weighted by molar-refractivity contribution is -0.159. The Balaban J connectivity index is 2.11. The molecule has 1 heterocycles. The minimum atomic E-state index is -1.06. The summed E-state index contributed by atoms with van der Waals surface area (Å²) < 4.78 is 23.5. The Morgan fingerprint density at radius 3 is 2.65 bits per heavy atom.